The van der Waals surface area contributed by atoms with Crippen LogP contribution in [0.25, 0.3) is 0 Å². The molecule has 1 aromatic carbocycles. The summed E-state index contributed by atoms with van der Waals surface area (Å²) in [6.07, 6.45) is 2.87. The first-order chi connectivity index (χ1) is 9.16. The van der Waals surface area contributed by atoms with Gasteiger partial charge in [0.2, 0.25) is 5.91 Å². The first-order valence-electron chi connectivity index (χ1n) is 7.17. The molecule has 1 aliphatic rings. The third-order valence-corrected chi connectivity index (χ3v) is 3.95. The molecule has 1 aliphatic heterocycles. The van der Waals surface area contributed by atoms with Crippen molar-refractivity contribution >= 4 is 5.91 Å². The van der Waals surface area contributed by atoms with Crippen LogP contribution in [0.4, 0.5) is 0 Å². The second kappa shape index (κ2) is 6.71. The minimum Gasteiger partial charge on any atom is -0.388 e. The first-order valence-corrected chi connectivity index (χ1v) is 7.17. The van der Waals surface area contributed by atoms with Gasteiger partial charge in [-0.05, 0) is 30.7 Å². The Morgan fingerprint density at radius 1 is 1.32 bits per heavy atom. The van der Waals surface area contributed by atoms with E-state index in [4.69, 9.17) is 0 Å². The molecule has 0 aliphatic carbocycles. The molecule has 2 atom stereocenters. The highest BCUT2D eigenvalue weighted by molar-refractivity contribution is 5.76. The summed E-state index contributed by atoms with van der Waals surface area (Å²) < 4.78 is 0. The van der Waals surface area contributed by atoms with E-state index in [1.165, 1.54) is 0 Å². The Balaban J connectivity index is 1.86. The second-order valence-electron chi connectivity index (χ2n) is 5.53. The van der Waals surface area contributed by atoms with E-state index in [0.717, 1.165) is 24.9 Å². The van der Waals surface area contributed by atoms with Crippen molar-refractivity contribution in [3.63, 3.8) is 0 Å². The lowest BCUT2D eigenvalue weighted by atomic mass is 10.0. The van der Waals surface area contributed by atoms with Crippen LogP contribution in [0.3, 0.4) is 0 Å². The maximum Gasteiger partial charge on any atom is 0.222 e. The fraction of sp³-hybridized carbons (Fsp3) is 0.562. The fourth-order valence-electron chi connectivity index (χ4n) is 2.53. The molecule has 0 aromatic heterocycles. The van der Waals surface area contributed by atoms with Gasteiger partial charge in [0.1, 0.15) is 0 Å². The summed E-state index contributed by atoms with van der Waals surface area (Å²) in [5.41, 5.74) is 0.929. The number of hydrogen-bond acceptors (Lipinski definition) is 2. The van der Waals surface area contributed by atoms with Gasteiger partial charge in [-0.2, -0.15) is 0 Å². The Bertz CT molecular complexity index is 404. The lowest BCUT2D eigenvalue weighted by Gasteiger charge is -2.22. The molecule has 1 aromatic rings. The van der Waals surface area contributed by atoms with E-state index in [2.05, 4.69) is 6.92 Å². The van der Waals surface area contributed by atoms with Crippen molar-refractivity contribution in [2.75, 3.05) is 13.1 Å². The monoisotopic (exact) mass is 261 g/mol. The van der Waals surface area contributed by atoms with Crippen molar-refractivity contribution in [1.82, 2.24) is 4.90 Å². The van der Waals surface area contributed by atoms with Crippen LogP contribution in [0, 0.1) is 5.92 Å². The van der Waals surface area contributed by atoms with Crippen LogP contribution in [0.15, 0.2) is 30.3 Å². The van der Waals surface area contributed by atoms with Crippen molar-refractivity contribution in [1.29, 1.82) is 0 Å². The highest BCUT2D eigenvalue weighted by Gasteiger charge is 2.20. The zero-order valence-corrected chi connectivity index (χ0v) is 11.6. The predicted molar refractivity (Wildman–Crippen MR) is 75.6 cm³/mol. The number of aliphatic hydroxyl groups is 1. The van der Waals surface area contributed by atoms with E-state index >= 15 is 0 Å². The number of nitrogens with zero attached hydrogens (tertiary/aromatic N) is 1. The highest BCUT2D eigenvalue weighted by atomic mass is 16.3. The van der Waals surface area contributed by atoms with Crippen LogP contribution in [0.2, 0.25) is 0 Å². The van der Waals surface area contributed by atoms with Gasteiger partial charge in [0.15, 0.2) is 0 Å². The average Bonchev–Trinajstić information content (AvgIpc) is 2.60. The van der Waals surface area contributed by atoms with Gasteiger partial charge in [-0.15, -0.1) is 0 Å². The lowest BCUT2D eigenvalue weighted by molar-refractivity contribution is -0.131. The molecular weight excluding hydrogens is 238 g/mol. The molecule has 1 amide bonds. The molecule has 2 unspecified atom stereocenters. The molecule has 3 nitrogen and oxygen atoms in total. The van der Waals surface area contributed by atoms with Gasteiger partial charge in [0, 0.05) is 19.5 Å². The van der Waals surface area contributed by atoms with Crippen molar-refractivity contribution in [3.8, 4) is 0 Å². The lowest BCUT2D eigenvalue weighted by Crippen LogP contribution is -2.32. The van der Waals surface area contributed by atoms with Gasteiger partial charge < -0.3 is 10.0 Å². The summed E-state index contributed by atoms with van der Waals surface area (Å²) in [4.78, 5) is 13.9. The minimum atomic E-state index is -0.477. The summed E-state index contributed by atoms with van der Waals surface area (Å²) in [5, 5.41) is 10.1. The Labute approximate surface area is 115 Å². The van der Waals surface area contributed by atoms with Gasteiger partial charge in [-0.1, -0.05) is 37.3 Å². The van der Waals surface area contributed by atoms with E-state index in [0.29, 0.717) is 25.3 Å². The molecular formula is C16H23NO2. The molecule has 0 saturated carbocycles. The van der Waals surface area contributed by atoms with E-state index in [1.54, 1.807) is 0 Å². The Hall–Kier alpha value is -1.35. The van der Waals surface area contributed by atoms with Gasteiger partial charge >= 0.3 is 0 Å². The van der Waals surface area contributed by atoms with Crippen LogP contribution in [0.1, 0.15) is 44.3 Å². The van der Waals surface area contributed by atoms with E-state index in [9.17, 15) is 9.90 Å². The van der Waals surface area contributed by atoms with Crippen molar-refractivity contribution in [2.45, 2.75) is 38.7 Å². The topological polar surface area (TPSA) is 40.5 Å². The van der Waals surface area contributed by atoms with E-state index in [1.807, 2.05) is 35.2 Å². The molecule has 1 heterocycles. The SMILES string of the molecule is CC1CCC(=O)N(CCC(O)c2ccccc2)CC1. The number of carbonyl (C=O) groups excluding carboxylic acids is 1. The third kappa shape index (κ3) is 4.06. The molecule has 0 radical (unpaired) electrons. The number of hydrogen-bond donors (Lipinski definition) is 1. The van der Waals surface area contributed by atoms with Gasteiger partial charge in [0.25, 0.3) is 0 Å². The van der Waals surface area contributed by atoms with E-state index < -0.39 is 6.10 Å². The number of aliphatic hydroxyl groups excluding tert-OH is 1. The normalized spacial score (nSPS) is 22.1. The van der Waals surface area contributed by atoms with Gasteiger partial charge in [-0.25, -0.2) is 0 Å². The highest BCUT2D eigenvalue weighted by Crippen LogP contribution is 2.20. The molecule has 2 rings (SSSR count). The van der Waals surface area contributed by atoms with Crippen molar-refractivity contribution in [2.24, 2.45) is 5.92 Å². The molecule has 0 bridgehead atoms. The number of benzene rings is 1. The summed E-state index contributed by atoms with van der Waals surface area (Å²) in [6.45, 7) is 3.69. The van der Waals surface area contributed by atoms with Crippen molar-refractivity contribution < 1.29 is 9.90 Å². The third-order valence-electron chi connectivity index (χ3n) is 3.95. The van der Waals surface area contributed by atoms with Crippen LogP contribution < -0.4 is 0 Å². The van der Waals surface area contributed by atoms with Gasteiger partial charge in [0.05, 0.1) is 6.10 Å². The number of likely N-dealkylation sites (tertiary alicyclic amines) is 1. The maximum absolute atomic E-state index is 12.0. The Kier molecular flexibility index (Phi) is 4.97. The summed E-state index contributed by atoms with van der Waals surface area (Å²) in [7, 11) is 0. The van der Waals surface area contributed by atoms with Crippen LogP contribution in [-0.4, -0.2) is 29.0 Å². The summed E-state index contributed by atoms with van der Waals surface area (Å²) >= 11 is 0. The summed E-state index contributed by atoms with van der Waals surface area (Å²) in [6, 6.07) is 9.65. The number of amides is 1. The molecule has 104 valence electrons. The van der Waals surface area contributed by atoms with Crippen molar-refractivity contribution in [3.05, 3.63) is 35.9 Å². The smallest absolute Gasteiger partial charge is 0.222 e. The molecule has 19 heavy (non-hydrogen) atoms. The fourth-order valence-corrected chi connectivity index (χ4v) is 2.53. The molecule has 0 spiro atoms. The standard InChI is InChI=1S/C16H23NO2/c1-13-7-8-16(19)17(11-9-13)12-10-15(18)14-5-3-2-4-6-14/h2-6,13,15,18H,7-12H2,1H3. The Morgan fingerprint density at radius 3 is 2.79 bits per heavy atom. The Morgan fingerprint density at radius 2 is 2.05 bits per heavy atom. The maximum atomic E-state index is 12.0. The molecule has 1 saturated heterocycles. The van der Waals surface area contributed by atoms with Crippen LogP contribution in [-0.2, 0) is 4.79 Å². The minimum absolute atomic E-state index is 0.240. The zero-order chi connectivity index (χ0) is 13.7. The second-order valence-corrected chi connectivity index (χ2v) is 5.53. The molecule has 1 fully saturated rings. The average molecular weight is 261 g/mol. The zero-order valence-electron chi connectivity index (χ0n) is 11.6. The van der Waals surface area contributed by atoms with Crippen LogP contribution >= 0.6 is 0 Å². The van der Waals surface area contributed by atoms with Crippen LogP contribution in [0.5, 0.6) is 0 Å². The summed E-state index contributed by atoms with van der Waals surface area (Å²) in [5.74, 6) is 0.873. The number of carbonyl (C=O) groups is 1. The quantitative estimate of drug-likeness (QED) is 0.905. The molecule has 3 heteroatoms. The number of rotatable bonds is 4. The molecule has 1 N–H and O–H groups in total. The van der Waals surface area contributed by atoms with E-state index in [-0.39, 0.29) is 5.91 Å². The van der Waals surface area contributed by atoms with Gasteiger partial charge in [-0.3, -0.25) is 4.79 Å². The predicted octanol–water partition coefficient (Wildman–Crippen LogP) is 2.76. The first kappa shape index (κ1) is 14.1. The largest absolute Gasteiger partial charge is 0.388 e.